The Hall–Kier alpha value is -2.93. The van der Waals surface area contributed by atoms with Crippen LogP contribution in [-0.4, -0.2) is 13.4 Å². The molecule has 1 heterocycles. The Morgan fingerprint density at radius 1 is 1.00 bits per heavy atom. The van der Waals surface area contributed by atoms with E-state index in [2.05, 4.69) is 9.71 Å². The summed E-state index contributed by atoms with van der Waals surface area (Å²) in [4.78, 5) is 3.74. The number of nitrogens with zero attached hydrogens (tertiary/aromatic N) is 1. The maximum atomic E-state index is 13.7. The molecule has 0 bridgehead atoms. The van der Waals surface area contributed by atoms with E-state index in [1.165, 1.54) is 24.3 Å². The van der Waals surface area contributed by atoms with Gasteiger partial charge in [-0.05, 0) is 36.4 Å². The zero-order chi connectivity index (χ0) is 17.7. The van der Waals surface area contributed by atoms with Crippen molar-refractivity contribution in [1.29, 1.82) is 0 Å². The summed E-state index contributed by atoms with van der Waals surface area (Å²) in [5, 5.41) is 0. The van der Waals surface area contributed by atoms with Gasteiger partial charge in [0.05, 0.1) is 11.4 Å². The molecule has 2 aromatic carbocycles. The van der Waals surface area contributed by atoms with Crippen LogP contribution in [0.5, 0.6) is 5.75 Å². The van der Waals surface area contributed by atoms with E-state index in [1.54, 1.807) is 24.4 Å². The van der Waals surface area contributed by atoms with Crippen molar-refractivity contribution in [3.63, 3.8) is 0 Å². The summed E-state index contributed by atoms with van der Waals surface area (Å²) < 4.78 is 46.3. The van der Waals surface area contributed by atoms with Crippen molar-refractivity contribution in [2.24, 2.45) is 0 Å². The number of hydrogen-bond donors (Lipinski definition) is 1. The second kappa shape index (κ2) is 7.31. The molecule has 0 amide bonds. The number of aromatic nitrogens is 1. The lowest BCUT2D eigenvalue weighted by molar-refractivity contribution is 0.301. The van der Waals surface area contributed by atoms with Crippen LogP contribution in [0.1, 0.15) is 5.69 Å². The lowest BCUT2D eigenvalue weighted by Gasteiger charge is -2.11. The molecule has 0 unspecified atom stereocenters. The van der Waals surface area contributed by atoms with Crippen molar-refractivity contribution >= 4 is 15.7 Å². The van der Waals surface area contributed by atoms with Crippen LogP contribution < -0.4 is 9.46 Å². The molecule has 25 heavy (non-hydrogen) atoms. The van der Waals surface area contributed by atoms with Crippen LogP contribution in [0.25, 0.3) is 0 Å². The highest BCUT2D eigenvalue weighted by molar-refractivity contribution is 7.92. The zero-order valence-electron chi connectivity index (χ0n) is 13.1. The van der Waals surface area contributed by atoms with Crippen LogP contribution in [0, 0.1) is 5.82 Å². The van der Waals surface area contributed by atoms with Crippen LogP contribution in [0.3, 0.4) is 0 Å². The van der Waals surface area contributed by atoms with E-state index in [9.17, 15) is 12.8 Å². The molecule has 0 aliphatic heterocycles. The van der Waals surface area contributed by atoms with Gasteiger partial charge < -0.3 is 4.74 Å². The molecule has 0 radical (unpaired) electrons. The highest BCUT2D eigenvalue weighted by Crippen LogP contribution is 2.22. The topological polar surface area (TPSA) is 68.3 Å². The number of hydrogen-bond acceptors (Lipinski definition) is 4. The summed E-state index contributed by atoms with van der Waals surface area (Å²) in [6, 6.07) is 17.1. The molecule has 0 atom stereocenters. The number of nitrogens with one attached hydrogen (secondary N) is 1. The minimum Gasteiger partial charge on any atom is -0.487 e. The van der Waals surface area contributed by atoms with Gasteiger partial charge in [0.15, 0.2) is 0 Å². The fourth-order valence-corrected chi connectivity index (χ4v) is 3.29. The minimum atomic E-state index is -4.02. The van der Waals surface area contributed by atoms with Gasteiger partial charge in [-0.2, -0.15) is 0 Å². The van der Waals surface area contributed by atoms with Gasteiger partial charge in [0.25, 0.3) is 10.0 Å². The Balaban J connectivity index is 1.74. The number of rotatable bonds is 6. The maximum absolute atomic E-state index is 13.7. The molecule has 3 rings (SSSR count). The van der Waals surface area contributed by atoms with E-state index in [-0.39, 0.29) is 12.3 Å². The minimum absolute atomic E-state index is 0.254. The number of sulfonamides is 1. The number of ether oxygens (including phenoxy) is 1. The first kappa shape index (κ1) is 16.9. The Morgan fingerprint density at radius 2 is 1.80 bits per heavy atom. The fourth-order valence-electron chi connectivity index (χ4n) is 2.16. The highest BCUT2D eigenvalue weighted by Gasteiger charge is 2.18. The van der Waals surface area contributed by atoms with Crippen molar-refractivity contribution in [2.75, 3.05) is 4.72 Å². The average Bonchev–Trinajstić information content (AvgIpc) is 2.61. The highest BCUT2D eigenvalue weighted by atomic mass is 32.2. The van der Waals surface area contributed by atoms with E-state index >= 15 is 0 Å². The molecule has 1 aromatic heterocycles. The predicted octanol–water partition coefficient (Wildman–Crippen LogP) is 3.60. The van der Waals surface area contributed by atoms with Gasteiger partial charge in [-0.15, -0.1) is 0 Å². The molecule has 5 nitrogen and oxygen atoms in total. The summed E-state index contributed by atoms with van der Waals surface area (Å²) >= 11 is 0. The van der Waals surface area contributed by atoms with Gasteiger partial charge in [-0.1, -0.05) is 24.3 Å². The van der Waals surface area contributed by atoms with Gasteiger partial charge in [0, 0.05) is 12.3 Å². The molecular formula is C18H15FN2O3S. The normalized spacial score (nSPS) is 11.1. The molecule has 3 aromatic rings. The Bertz CT molecular complexity index is 963. The third-order valence-electron chi connectivity index (χ3n) is 3.33. The monoisotopic (exact) mass is 358 g/mol. The SMILES string of the molecule is O=S(=O)(Nc1cccc(OCc2ccccn2)c1)c1ccccc1F. The standard InChI is InChI=1S/C18H15FN2O3S/c19-17-9-1-2-10-18(17)25(22,23)21-14-7-5-8-16(12-14)24-13-15-6-3-4-11-20-15/h1-12,21H,13H2. The Kier molecular flexibility index (Phi) is 4.95. The second-order valence-electron chi connectivity index (χ2n) is 5.17. The van der Waals surface area contributed by atoms with E-state index in [0.717, 1.165) is 11.8 Å². The smallest absolute Gasteiger partial charge is 0.264 e. The molecule has 0 saturated heterocycles. The van der Waals surface area contributed by atoms with E-state index in [1.807, 2.05) is 18.2 Å². The molecule has 7 heteroatoms. The zero-order valence-corrected chi connectivity index (χ0v) is 13.9. The van der Waals surface area contributed by atoms with Crippen molar-refractivity contribution in [3.05, 3.63) is 84.4 Å². The summed E-state index contributed by atoms with van der Waals surface area (Å²) in [5.41, 5.74) is 1.03. The third kappa shape index (κ3) is 4.33. The Morgan fingerprint density at radius 3 is 2.56 bits per heavy atom. The summed E-state index contributed by atoms with van der Waals surface area (Å²) in [5.74, 6) is -0.336. The van der Waals surface area contributed by atoms with Crippen LogP contribution >= 0.6 is 0 Å². The Labute approximate surface area is 145 Å². The van der Waals surface area contributed by atoms with Gasteiger partial charge in [0.1, 0.15) is 23.1 Å². The fraction of sp³-hybridized carbons (Fsp3) is 0.0556. The third-order valence-corrected chi connectivity index (χ3v) is 4.74. The largest absolute Gasteiger partial charge is 0.487 e. The predicted molar refractivity (Wildman–Crippen MR) is 92.2 cm³/mol. The second-order valence-corrected chi connectivity index (χ2v) is 6.82. The molecule has 0 fully saturated rings. The first-order valence-corrected chi connectivity index (χ1v) is 8.93. The lowest BCUT2D eigenvalue weighted by Crippen LogP contribution is -2.14. The van der Waals surface area contributed by atoms with Crippen LogP contribution in [0.4, 0.5) is 10.1 Å². The average molecular weight is 358 g/mol. The summed E-state index contributed by atoms with van der Waals surface area (Å²) in [7, 11) is -4.02. The summed E-state index contributed by atoms with van der Waals surface area (Å²) in [6.07, 6.45) is 1.66. The van der Waals surface area contributed by atoms with E-state index < -0.39 is 20.7 Å². The first-order valence-electron chi connectivity index (χ1n) is 7.45. The molecule has 0 saturated carbocycles. The van der Waals surface area contributed by atoms with Crippen molar-refractivity contribution in [2.45, 2.75) is 11.5 Å². The number of benzene rings is 2. The molecule has 128 valence electrons. The van der Waals surface area contributed by atoms with Gasteiger partial charge in [0.2, 0.25) is 0 Å². The van der Waals surface area contributed by atoms with Gasteiger partial charge >= 0.3 is 0 Å². The molecule has 0 spiro atoms. The first-order chi connectivity index (χ1) is 12.0. The van der Waals surface area contributed by atoms with Gasteiger partial charge in [-0.3, -0.25) is 9.71 Å². The molecular weight excluding hydrogens is 343 g/mol. The van der Waals surface area contributed by atoms with Crippen LogP contribution in [0.2, 0.25) is 0 Å². The summed E-state index contributed by atoms with van der Waals surface area (Å²) in [6.45, 7) is 0.254. The lowest BCUT2D eigenvalue weighted by atomic mass is 10.3. The van der Waals surface area contributed by atoms with E-state index in [4.69, 9.17) is 4.74 Å². The number of halogens is 1. The van der Waals surface area contributed by atoms with Gasteiger partial charge in [-0.25, -0.2) is 12.8 Å². The van der Waals surface area contributed by atoms with Crippen molar-refractivity contribution in [3.8, 4) is 5.75 Å². The van der Waals surface area contributed by atoms with Crippen molar-refractivity contribution < 1.29 is 17.5 Å². The number of pyridine rings is 1. The number of anilines is 1. The maximum Gasteiger partial charge on any atom is 0.264 e. The molecule has 0 aliphatic rings. The van der Waals surface area contributed by atoms with Crippen molar-refractivity contribution in [1.82, 2.24) is 4.98 Å². The van der Waals surface area contributed by atoms with E-state index in [0.29, 0.717) is 5.75 Å². The van der Waals surface area contributed by atoms with Crippen LogP contribution in [0.15, 0.2) is 77.8 Å². The molecule has 0 aliphatic carbocycles. The quantitative estimate of drug-likeness (QED) is 0.731. The molecule has 1 N–H and O–H groups in total. The van der Waals surface area contributed by atoms with Crippen LogP contribution in [-0.2, 0) is 16.6 Å².